The van der Waals surface area contributed by atoms with Crippen LogP contribution >= 0.6 is 11.6 Å². The van der Waals surface area contributed by atoms with Crippen LogP contribution in [0.2, 0.25) is 5.02 Å². The van der Waals surface area contributed by atoms with E-state index in [4.69, 9.17) is 22.6 Å². The molecular formula is C15H12ClN3O. The van der Waals surface area contributed by atoms with Crippen molar-refractivity contribution in [3.05, 3.63) is 58.6 Å². The Hall–Kier alpha value is -2.51. The maximum atomic E-state index is 12.4. The fourth-order valence-electron chi connectivity index (χ4n) is 1.76. The number of nitrogens with two attached hydrogens (primary N) is 1. The van der Waals surface area contributed by atoms with Crippen LogP contribution in [0.5, 0.6) is 0 Å². The van der Waals surface area contributed by atoms with Gasteiger partial charge in [0.2, 0.25) is 0 Å². The van der Waals surface area contributed by atoms with Gasteiger partial charge in [0.15, 0.2) is 0 Å². The molecule has 0 fully saturated rings. The second kappa shape index (κ2) is 5.64. The Morgan fingerprint density at radius 2 is 2.05 bits per heavy atom. The van der Waals surface area contributed by atoms with Gasteiger partial charge in [-0.15, -0.1) is 0 Å². The standard InChI is InChI=1S/C15H12ClN3O/c1-19(12-4-2-3-10(7-12)9-17)15(20)11-5-6-14(18)13(16)8-11/h2-8H,18H2,1H3. The summed E-state index contributed by atoms with van der Waals surface area (Å²) in [5.41, 5.74) is 7.63. The minimum atomic E-state index is -0.220. The molecule has 0 saturated heterocycles. The minimum Gasteiger partial charge on any atom is -0.398 e. The fourth-order valence-corrected chi connectivity index (χ4v) is 1.94. The smallest absolute Gasteiger partial charge is 0.258 e. The molecular weight excluding hydrogens is 274 g/mol. The summed E-state index contributed by atoms with van der Waals surface area (Å²) in [6.45, 7) is 0. The van der Waals surface area contributed by atoms with E-state index < -0.39 is 0 Å². The van der Waals surface area contributed by atoms with Crippen molar-refractivity contribution in [1.29, 1.82) is 5.26 Å². The van der Waals surface area contributed by atoms with Gasteiger partial charge in [0.25, 0.3) is 5.91 Å². The molecule has 0 spiro atoms. The molecule has 5 heteroatoms. The van der Waals surface area contributed by atoms with Gasteiger partial charge in [-0.3, -0.25) is 4.79 Å². The number of carbonyl (C=O) groups is 1. The summed E-state index contributed by atoms with van der Waals surface area (Å²) in [5.74, 6) is -0.220. The lowest BCUT2D eigenvalue weighted by Gasteiger charge is -2.18. The van der Waals surface area contributed by atoms with E-state index >= 15 is 0 Å². The van der Waals surface area contributed by atoms with E-state index in [1.807, 2.05) is 6.07 Å². The molecule has 1 amide bonds. The second-order valence-electron chi connectivity index (χ2n) is 4.26. The highest BCUT2D eigenvalue weighted by molar-refractivity contribution is 6.33. The number of nitrogen functional groups attached to an aromatic ring is 1. The highest BCUT2D eigenvalue weighted by Gasteiger charge is 2.14. The van der Waals surface area contributed by atoms with E-state index in [2.05, 4.69) is 0 Å². The van der Waals surface area contributed by atoms with Crippen LogP contribution in [0.15, 0.2) is 42.5 Å². The summed E-state index contributed by atoms with van der Waals surface area (Å²) in [6, 6.07) is 13.6. The lowest BCUT2D eigenvalue weighted by Crippen LogP contribution is -2.26. The molecule has 4 nitrogen and oxygen atoms in total. The van der Waals surface area contributed by atoms with E-state index in [1.165, 1.54) is 11.0 Å². The van der Waals surface area contributed by atoms with Crippen LogP contribution in [0.1, 0.15) is 15.9 Å². The zero-order valence-corrected chi connectivity index (χ0v) is 11.6. The van der Waals surface area contributed by atoms with Crippen molar-refractivity contribution in [2.45, 2.75) is 0 Å². The first-order valence-corrected chi connectivity index (χ1v) is 6.24. The number of rotatable bonds is 2. The molecule has 0 aliphatic rings. The molecule has 2 rings (SSSR count). The van der Waals surface area contributed by atoms with Crippen molar-refractivity contribution in [1.82, 2.24) is 0 Å². The Morgan fingerprint density at radius 3 is 2.70 bits per heavy atom. The molecule has 0 heterocycles. The molecule has 0 aromatic heterocycles. The first-order valence-electron chi connectivity index (χ1n) is 5.86. The van der Waals surface area contributed by atoms with Gasteiger partial charge in [0.1, 0.15) is 0 Å². The predicted octanol–water partition coefficient (Wildman–Crippen LogP) is 3.07. The van der Waals surface area contributed by atoms with Crippen molar-refractivity contribution >= 4 is 28.9 Å². The van der Waals surface area contributed by atoms with Crippen LogP contribution in [-0.4, -0.2) is 13.0 Å². The zero-order valence-electron chi connectivity index (χ0n) is 10.8. The van der Waals surface area contributed by atoms with Crippen LogP contribution < -0.4 is 10.6 Å². The number of carbonyl (C=O) groups excluding carboxylic acids is 1. The molecule has 0 radical (unpaired) electrons. The first kappa shape index (κ1) is 13.9. The van der Waals surface area contributed by atoms with E-state index in [0.29, 0.717) is 27.5 Å². The summed E-state index contributed by atoms with van der Waals surface area (Å²) < 4.78 is 0. The largest absolute Gasteiger partial charge is 0.398 e. The van der Waals surface area contributed by atoms with E-state index in [-0.39, 0.29) is 5.91 Å². The lowest BCUT2D eigenvalue weighted by molar-refractivity contribution is 0.0993. The minimum absolute atomic E-state index is 0.220. The molecule has 100 valence electrons. The highest BCUT2D eigenvalue weighted by atomic mass is 35.5. The number of hydrogen-bond acceptors (Lipinski definition) is 3. The van der Waals surface area contributed by atoms with Crippen LogP contribution in [-0.2, 0) is 0 Å². The summed E-state index contributed by atoms with van der Waals surface area (Å²) >= 11 is 5.92. The van der Waals surface area contributed by atoms with E-state index in [0.717, 1.165) is 0 Å². The molecule has 0 aliphatic carbocycles. The molecule has 2 N–H and O–H groups in total. The molecule has 2 aromatic carbocycles. The topological polar surface area (TPSA) is 70.1 Å². The normalized spacial score (nSPS) is 9.85. The van der Waals surface area contributed by atoms with Crippen LogP contribution in [0.4, 0.5) is 11.4 Å². The quantitative estimate of drug-likeness (QED) is 0.862. The Balaban J connectivity index is 2.32. The molecule has 0 saturated carbocycles. The monoisotopic (exact) mass is 285 g/mol. The lowest BCUT2D eigenvalue weighted by atomic mass is 10.1. The van der Waals surface area contributed by atoms with E-state index in [9.17, 15) is 4.79 Å². The Bertz CT molecular complexity index is 707. The van der Waals surface area contributed by atoms with E-state index in [1.54, 1.807) is 43.4 Å². The SMILES string of the molecule is CN(C(=O)c1ccc(N)c(Cl)c1)c1cccc(C#N)c1. The van der Waals surface area contributed by atoms with Gasteiger partial charge in [-0.1, -0.05) is 17.7 Å². The molecule has 20 heavy (non-hydrogen) atoms. The highest BCUT2D eigenvalue weighted by Crippen LogP contribution is 2.22. The predicted molar refractivity (Wildman–Crippen MR) is 79.8 cm³/mol. The Morgan fingerprint density at radius 1 is 1.30 bits per heavy atom. The molecule has 0 unspecified atom stereocenters. The van der Waals surface area contributed by atoms with Gasteiger partial charge >= 0.3 is 0 Å². The molecule has 0 atom stereocenters. The zero-order chi connectivity index (χ0) is 14.7. The van der Waals surface area contributed by atoms with Gasteiger partial charge in [-0.2, -0.15) is 5.26 Å². The second-order valence-corrected chi connectivity index (χ2v) is 4.67. The Labute approximate surface area is 122 Å². The van der Waals surface area contributed by atoms with Gasteiger partial charge in [-0.25, -0.2) is 0 Å². The van der Waals surface area contributed by atoms with Gasteiger partial charge in [0, 0.05) is 18.3 Å². The number of anilines is 2. The van der Waals surface area contributed by atoms with Crippen LogP contribution in [0.25, 0.3) is 0 Å². The summed E-state index contributed by atoms with van der Waals surface area (Å²) in [4.78, 5) is 13.8. The van der Waals surface area contributed by atoms with Gasteiger partial charge in [0.05, 0.1) is 22.3 Å². The average Bonchev–Trinajstić information content (AvgIpc) is 2.48. The van der Waals surface area contributed by atoms with Crippen molar-refractivity contribution < 1.29 is 4.79 Å². The van der Waals surface area contributed by atoms with Gasteiger partial charge in [-0.05, 0) is 36.4 Å². The number of hydrogen-bond donors (Lipinski definition) is 1. The third kappa shape index (κ3) is 2.73. The van der Waals surface area contributed by atoms with Crippen molar-refractivity contribution in [3.63, 3.8) is 0 Å². The maximum absolute atomic E-state index is 12.4. The average molecular weight is 286 g/mol. The number of amides is 1. The molecule has 2 aromatic rings. The third-order valence-corrected chi connectivity index (χ3v) is 3.24. The van der Waals surface area contributed by atoms with Gasteiger partial charge < -0.3 is 10.6 Å². The summed E-state index contributed by atoms with van der Waals surface area (Å²) in [6.07, 6.45) is 0. The third-order valence-electron chi connectivity index (χ3n) is 2.91. The molecule has 0 aliphatic heterocycles. The first-order chi connectivity index (χ1) is 9.52. The van der Waals surface area contributed by atoms with Crippen LogP contribution in [0.3, 0.4) is 0 Å². The fraction of sp³-hybridized carbons (Fsp3) is 0.0667. The van der Waals surface area contributed by atoms with Crippen molar-refractivity contribution in [3.8, 4) is 6.07 Å². The number of benzene rings is 2. The summed E-state index contributed by atoms with van der Waals surface area (Å²) in [7, 11) is 1.64. The number of nitrogens with zero attached hydrogens (tertiary/aromatic N) is 2. The summed E-state index contributed by atoms with van der Waals surface area (Å²) in [5, 5.41) is 9.22. The van der Waals surface area contributed by atoms with Crippen molar-refractivity contribution in [2.24, 2.45) is 0 Å². The maximum Gasteiger partial charge on any atom is 0.258 e. The number of nitriles is 1. The molecule has 0 bridgehead atoms. The number of halogens is 1. The Kier molecular flexibility index (Phi) is 3.92. The van der Waals surface area contributed by atoms with Crippen LogP contribution in [0, 0.1) is 11.3 Å². The van der Waals surface area contributed by atoms with Crippen molar-refractivity contribution in [2.75, 3.05) is 17.7 Å².